The molecule has 2 aliphatic heterocycles. The average molecular weight is 476 g/mol. The molecule has 2 fully saturated rings. The van der Waals surface area contributed by atoms with Gasteiger partial charge in [-0.1, -0.05) is 0 Å². The number of aromatic nitrogens is 2. The molecule has 10 heteroatoms. The van der Waals surface area contributed by atoms with Crippen LogP contribution in [0.5, 0.6) is 11.5 Å². The third kappa shape index (κ3) is 5.16. The Morgan fingerprint density at radius 3 is 2.24 bits per heavy atom. The number of benzene rings is 1. The molecule has 0 unspecified atom stereocenters. The van der Waals surface area contributed by atoms with Crippen LogP contribution < -0.4 is 19.3 Å². The highest BCUT2D eigenvalue weighted by atomic mass is 32.2. The minimum Gasteiger partial charge on any atom is -0.494 e. The lowest BCUT2D eigenvalue weighted by Gasteiger charge is -2.34. The van der Waals surface area contributed by atoms with E-state index in [1.54, 1.807) is 18.2 Å². The van der Waals surface area contributed by atoms with E-state index in [4.69, 9.17) is 14.5 Å². The van der Waals surface area contributed by atoms with Crippen LogP contribution in [0.15, 0.2) is 29.2 Å². The van der Waals surface area contributed by atoms with Gasteiger partial charge in [0, 0.05) is 57.1 Å². The van der Waals surface area contributed by atoms with E-state index in [0.29, 0.717) is 56.8 Å². The monoisotopic (exact) mass is 475 g/mol. The van der Waals surface area contributed by atoms with Crippen LogP contribution in [-0.2, 0) is 10.0 Å². The second-order valence-corrected chi connectivity index (χ2v) is 10.1. The predicted octanol–water partition coefficient (Wildman–Crippen LogP) is 2.69. The van der Waals surface area contributed by atoms with E-state index in [9.17, 15) is 8.42 Å². The molecule has 2 aliphatic rings. The highest BCUT2D eigenvalue weighted by Crippen LogP contribution is 2.32. The van der Waals surface area contributed by atoms with E-state index in [1.165, 1.54) is 17.1 Å². The molecule has 0 saturated carbocycles. The quantitative estimate of drug-likeness (QED) is 0.576. The first-order valence-corrected chi connectivity index (χ1v) is 13.1. The summed E-state index contributed by atoms with van der Waals surface area (Å²) in [5.74, 6) is 2.49. The molecular formula is C23H33N5O4S. The van der Waals surface area contributed by atoms with Crippen LogP contribution in [0.2, 0.25) is 0 Å². The van der Waals surface area contributed by atoms with Gasteiger partial charge in [-0.15, -0.1) is 0 Å². The number of ether oxygens (including phenoxy) is 2. The van der Waals surface area contributed by atoms with Crippen molar-refractivity contribution in [2.45, 2.75) is 38.5 Å². The number of nitrogens with zero attached hydrogens (tertiary/aromatic N) is 5. The zero-order chi connectivity index (χ0) is 23.4. The van der Waals surface area contributed by atoms with Crippen LogP contribution in [0.25, 0.3) is 0 Å². The molecule has 0 spiro atoms. The molecule has 0 aliphatic carbocycles. The van der Waals surface area contributed by atoms with Crippen molar-refractivity contribution in [1.82, 2.24) is 14.3 Å². The number of hydrogen-bond donors (Lipinski definition) is 0. The zero-order valence-electron chi connectivity index (χ0n) is 19.7. The minimum absolute atomic E-state index is 0.145. The van der Waals surface area contributed by atoms with Gasteiger partial charge in [-0.2, -0.15) is 9.29 Å². The van der Waals surface area contributed by atoms with Crippen molar-refractivity contribution >= 4 is 21.8 Å². The van der Waals surface area contributed by atoms with Crippen molar-refractivity contribution in [3.05, 3.63) is 30.0 Å². The topological polar surface area (TPSA) is 88.1 Å². The standard InChI is InChI=1S/C23H33N5O4S/c1-4-31-19-8-9-20(32-5-2)21(17-19)33(29,30)28-14-12-27(13-15-28)23-24-18(3)16-22(25-23)26-10-6-7-11-26/h8-9,16-17H,4-7,10-15H2,1-3H3. The summed E-state index contributed by atoms with van der Waals surface area (Å²) in [6.07, 6.45) is 2.37. The first-order chi connectivity index (χ1) is 15.9. The maximum Gasteiger partial charge on any atom is 0.247 e. The summed E-state index contributed by atoms with van der Waals surface area (Å²) < 4.78 is 39.7. The van der Waals surface area contributed by atoms with Crippen LogP contribution >= 0.6 is 0 Å². The summed E-state index contributed by atoms with van der Waals surface area (Å²) in [6.45, 7) is 10.3. The van der Waals surface area contributed by atoms with Crippen molar-refractivity contribution in [2.24, 2.45) is 0 Å². The predicted molar refractivity (Wildman–Crippen MR) is 128 cm³/mol. The van der Waals surface area contributed by atoms with Gasteiger partial charge in [0.15, 0.2) is 0 Å². The van der Waals surface area contributed by atoms with Gasteiger partial charge >= 0.3 is 0 Å². The van der Waals surface area contributed by atoms with E-state index >= 15 is 0 Å². The van der Waals surface area contributed by atoms with Gasteiger partial charge in [0.1, 0.15) is 22.2 Å². The Morgan fingerprint density at radius 1 is 0.879 bits per heavy atom. The molecule has 33 heavy (non-hydrogen) atoms. The number of aryl methyl sites for hydroxylation is 1. The van der Waals surface area contributed by atoms with E-state index in [1.807, 2.05) is 26.8 Å². The number of anilines is 2. The Bertz CT molecular complexity index is 1060. The van der Waals surface area contributed by atoms with Gasteiger partial charge < -0.3 is 19.3 Å². The van der Waals surface area contributed by atoms with E-state index < -0.39 is 10.0 Å². The van der Waals surface area contributed by atoms with Crippen molar-refractivity contribution in [3.63, 3.8) is 0 Å². The van der Waals surface area contributed by atoms with Crippen LogP contribution in [-0.4, -0.2) is 75.2 Å². The zero-order valence-corrected chi connectivity index (χ0v) is 20.5. The first kappa shape index (κ1) is 23.6. The molecule has 4 rings (SSSR count). The molecule has 1 aromatic heterocycles. The third-order valence-corrected chi connectivity index (χ3v) is 7.84. The van der Waals surface area contributed by atoms with Gasteiger partial charge in [-0.3, -0.25) is 0 Å². The number of piperazine rings is 1. The third-order valence-electron chi connectivity index (χ3n) is 5.92. The summed E-state index contributed by atoms with van der Waals surface area (Å²) in [6, 6.07) is 6.98. The van der Waals surface area contributed by atoms with Crippen LogP contribution in [0.4, 0.5) is 11.8 Å². The van der Waals surface area contributed by atoms with Crippen molar-refractivity contribution < 1.29 is 17.9 Å². The second kappa shape index (κ2) is 10.1. The molecular weight excluding hydrogens is 442 g/mol. The molecule has 3 heterocycles. The fourth-order valence-corrected chi connectivity index (χ4v) is 5.84. The average Bonchev–Trinajstić information content (AvgIpc) is 3.35. The summed E-state index contributed by atoms with van der Waals surface area (Å²) in [4.78, 5) is 13.9. The molecule has 9 nitrogen and oxygen atoms in total. The maximum absolute atomic E-state index is 13.5. The van der Waals surface area contributed by atoms with Crippen LogP contribution in [0, 0.1) is 6.92 Å². The molecule has 1 aromatic carbocycles. The molecule has 180 valence electrons. The summed E-state index contributed by atoms with van der Waals surface area (Å²) >= 11 is 0. The van der Waals surface area contributed by atoms with E-state index in [0.717, 1.165) is 24.6 Å². The lowest BCUT2D eigenvalue weighted by molar-refractivity contribution is 0.319. The van der Waals surface area contributed by atoms with Crippen molar-refractivity contribution in [3.8, 4) is 11.5 Å². The lowest BCUT2D eigenvalue weighted by atomic mass is 10.3. The SMILES string of the molecule is CCOc1ccc(OCC)c(S(=O)(=O)N2CCN(c3nc(C)cc(N4CCCC4)n3)CC2)c1. The van der Waals surface area contributed by atoms with Gasteiger partial charge in [0.05, 0.1) is 13.2 Å². The maximum atomic E-state index is 13.5. The van der Waals surface area contributed by atoms with Gasteiger partial charge in [0.2, 0.25) is 16.0 Å². The van der Waals surface area contributed by atoms with Crippen LogP contribution in [0.3, 0.4) is 0 Å². The van der Waals surface area contributed by atoms with E-state index in [-0.39, 0.29) is 4.90 Å². The summed E-state index contributed by atoms with van der Waals surface area (Å²) in [5.41, 5.74) is 0.922. The molecule has 0 amide bonds. The number of rotatable bonds is 8. The molecule has 0 bridgehead atoms. The van der Waals surface area contributed by atoms with Gasteiger partial charge in [-0.25, -0.2) is 13.4 Å². The summed E-state index contributed by atoms with van der Waals surface area (Å²) in [7, 11) is -3.74. The van der Waals surface area contributed by atoms with Crippen molar-refractivity contribution in [1.29, 1.82) is 0 Å². The fourth-order valence-electron chi connectivity index (χ4n) is 4.27. The lowest BCUT2D eigenvalue weighted by Crippen LogP contribution is -2.49. The molecule has 2 saturated heterocycles. The largest absolute Gasteiger partial charge is 0.494 e. The fraction of sp³-hybridized carbons (Fsp3) is 0.565. The van der Waals surface area contributed by atoms with E-state index in [2.05, 4.69) is 14.8 Å². The highest BCUT2D eigenvalue weighted by Gasteiger charge is 2.32. The normalized spacial score (nSPS) is 17.4. The summed E-state index contributed by atoms with van der Waals surface area (Å²) in [5, 5.41) is 0. The Kier molecular flexibility index (Phi) is 7.23. The number of hydrogen-bond acceptors (Lipinski definition) is 8. The smallest absolute Gasteiger partial charge is 0.247 e. The van der Waals surface area contributed by atoms with Crippen molar-refractivity contribution in [2.75, 3.05) is 62.3 Å². The number of sulfonamides is 1. The highest BCUT2D eigenvalue weighted by molar-refractivity contribution is 7.89. The first-order valence-electron chi connectivity index (χ1n) is 11.7. The minimum atomic E-state index is -3.74. The van der Waals surface area contributed by atoms with Gasteiger partial charge in [0.25, 0.3) is 0 Å². The molecule has 0 atom stereocenters. The Morgan fingerprint density at radius 2 is 1.58 bits per heavy atom. The Labute approximate surface area is 196 Å². The van der Waals surface area contributed by atoms with Gasteiger partial charge in [-0.05, 0) is 45.7 Å². The molecule has 0 N–H and O–H groups in total. The molecule has 0 radical (unpaired) electrons. The Balaban J connectivity index is 1.51. The molecule has 2 aromatic rings. The van der Waals surface area contributed by atoms with Crippen LogP contribution in [0.1, 0.15) is 32.4 Å². The Hall–Kier alpha value is -2.59. The second-order valence-electron chi connectivity index (χ2n) is 8.23.